The summed E-state index contributed by atoms with van der Waals surface area (Å²) in [7, 11) is 0. The molecule has 0 amide bonds. The molecule has 3 rings (SSSR count). The van der Waals surface area contributed by atoms with E-state index in [4.69, 9.17) is 5.26 Å². The third kappa shape index (κ3) is 2.86. The Balaban J connectivity index is 1.47. The second-order valence-corrected chi connectivity index (χ2v) is 6.08. The van der Waals surface area contributed by atoms with Crippen LogP contribution in [0.2, 0.25) is 0 Å². The third-order valence-electron chi connectivity index (χ3n) is 3.54. The molecule has 2 aromatic rings. The van der Waals surface area contributed by atoms with Crippen LogP contribution in [0, 0.1) is 17.2 Å². The van der Waals surface area contributed by atoms with Gasteiger partial charge in [-0.05, 0) is 24.5 Å². The molecule has 19 heavy (non-hydrogen) atoms. The van der Waals surface area contributed by atoms with E-state index < -0.39 is 0 Å². The predicted molar refractivity (Wildman–Crippen MR) is 74.8 cm³/mol. The van der Waals surface area contributed by atoms with Crippen LogP contribution in [0.25, 0.3) is 0 Å². The SMILES string of the molecule is N#Cc1ccc(CNC[C@H]2CCc3nccn3C2)s1. The van der Waals surface area contributed by atoms with E-state index in [0.717, 1.165) is 30.9 Å². The van der Waals surface area contributed by atoms with Crippen LogP contribution in [0.5, 0.6) is 0 Å². The fourth-order valence-electron chi connectivity index (χ4n) is 2.54. The monoisotopic (exact) mass is 272 g/mol. The molecule has 0 fully saturated rings. The number of aromatic nitrogens is 2. The first kappa shape index (κ1) is 12.4. The normalized spacial score (nSPS) is 17.9. The summed E-state index contributed by atoms with van der Waals surface area (Å²) < 4.78 is 2.26. The number of imidazole rings is 1. The Morgan fingerprint density at radius 2 is 2.47 bits per heavy atom. The van der Waals surface area contributed by atoms with Crippen LogP contribution in [0.4, 0.5) is 0 Å². The van der Waals surface area contributed by atoms with Crippen LogP contribution in [-0.4, -0.2) is 16.1 Å². The van der Waals surface area contributed by atoms with E-state index in [-0.39, 0.29) is 0 Å². The molecule has 0 unspecified atom stereocenters. The van der Waals surface area contributed by atoms with Crippen molar-refractivity contribution in [3.8, 4) is 6.07 Å². The van der Waals surface area contributed by atoms with Crippen molar-refractivity contribution >= 4 is 11.3 Å². The van der Waals surface area contributed by atoms with Crippen molar-refractivity contribution in [3.63, 3.8) is 0 Å². The van der Waals surface area contributed by atoms with Crippen molar-refractivity contribution in [2.45, 2.75) is 25.9 Å². The van der Waals surface area contributed by atoms with Crippen LogP contribution in [0.3, 0.4) is 0 Å². The summed E-state index contributed by atoms with van der Waals surface area (Å²) in [5.74, 6) is 1.89. The molecule has 5 heteroatoms. The molecule has 1 aliphatic rings. The smallest absolute Gasteiger partial charge is 0.110 e. The molecule has 0 saturated heterocycles. The third-order valence-corrected chi connectivity index (χ3v) is 4.53. The van der Waals surface area contributed by atoms with Gasteiger partial charge in [0.1, 0.15) is 16.8 Å². The number of fused-ring (bicyclic) bond motifs is 1. The first-order valence-electron chi connectivity index (χ1n) is 6.54. The van der Waals surface area contributed by atoms with Gasteiger partial charge in [-0.1, -0.05) is 0 Å². The first-order valence-corrected chi connectivity index (χ1v) is 7.36. The summed E-state index contributed by atoms with van der Waals surface area (Å²) in [5.41, 5.74) is 0. The quantitative estimate of drug-likeness (QED) is 0.928. The summed E-state index contributed by atoms with van der Waals surface area (Å²) >= 11 is 1.57. The van der Waals surface area contributed by atoms with E-state index in [1.54, 1.807) is 11.3 Å². The highest BCUT2D eigenvalue weighted by molar-refractivity contribution is 7.12. The zero-order chi connectivity index (χ0) is 13.1. The van der Waals surface area contributed by atoms with Crippen molar-refractivity contribution in [1.82, 2.24) is 14.9 Å². The molecule has 2 aromatic heterocycles. The Morgan fingerprint density at radius 3 is 3.32 bits per heavy atom. The van der Waals surface area contributed by atoms with E-state index in [1.807, 2.05) is 18.3 Å². The summed E-state index contributed by atoms with van der Waals surface area (Å²) in [6.07, 6.45) is 6.25. The van der Waals surface area contributed by atoms with Gasteiger partial charge in [0, 0.05) is 43.3 Å². The summed E-state index contributed by atoms with van der Waals surface area (Å²) in [6, 6.07) is 6.10. The molecule has 0 bridgehead atoms. The molecular formula is C14H16N4S. The second kappa shape index (κ2) is 5.55. The van der Waals surface area contributed by atoms with E-state index in [2.05, 4.69) is 27.1 Å². The Kier molecular flexibility index (Phi) is 3.62. The minimum Gasteiger partial charge on any atom is -0.335 e. The standard InChI is InChI=1S/C14H16N4S/c15-7-12-2-3-13(19-12)9-16-8-11-1-4-14-17-5-6-18(14)10-11/h2-3,5-6,11,16H,1,4,8-10H2/t11-/m1/s1. The highest BCUT2D eigenvalue weighted by Gasteiger charge is 2.18. The van der Waals surface area contributed by atoms with Crippen molar-refractivity contribution in [2.24, 2.45) is 5.92 Å². The molecule has 0 aromatic carbocycles. The molecule has 4 nitrogen and oxygen atoms in total. The lowest BCUT2D eigenvalue weighted by Gasteiger charge is -2.23. The van der Waals surface area contributed by atoms with Crippen LogP contribution in [0.15, 0.2) is 24.5 Å². The topological polar surface area (TPSA) is 53.6 Å². The van der Waals surface area contributed by atoms with E-state index in [0.29, 0.717) is 5.92 Å². The number of nitriles is 1. The maximum absolute atomic E-state index is 8.78. The molecule has 1 atom stereocenters. The average molecular weight is 272 g/mol. The van der Waals surface area contributed by atoms with Gasteiger partial charge in [0.25, 0.3) is 0 Å². The van der Waals surface area contributed by atoms with Crippen LogP contribution >= 0.6 is 11.3 Å². The number of hydrogen-bond acceptors (Lipinski definition) is 4. The van der Waals surface area contributed by atoms with Crippen molar-refractivity contribution in [1.29, 1.82) is 5.26 Å². The minimum atomic E-state index is 0.678. The van der Waals surface area contributed by atoms with Crippen LogP contribution in [0.1, 0.15) is 22.0 Å². The largest absolute Gasteiger partial charge is 0.335 e. The summed E-state index contributed by atoms with van der Waals surface area (Å²) in [4.78, 5) is 6.37. The Morgan fingerprint density at radius 1 is 1.53 bits per heavy atom. The molecule has 0 aliphatic carbocycles. The lowest BCUT2D eigenvalue weighted by molar-refractivity contribution is 0.348. The number of aryl methyl sites for hydroxylation is 1. The summed E-state index contributed by atoms with van der Waals surface area (Å²) in [6.45, 7) is 2.95. The van der Waals surface area contributed by atoms with E-state index in [1.165, 1.54) is 17.1 Å². The molecule has 0 saturated carbocycles. The number of rotatable bonds is 4. The Labute approximate surface area is 116 Å². The molecule has 98 valence electrons. The highest BCUT2D eigenvalue weighted by atomic mass is 32.1. The number of hydrogen-bond donors (Lipinski definition) is 1. The van der Waals surface area contributed by atoms with Gasteiger partial charge in [-0.3, -0.25) is 0 Å². The summed E-state index contributed by atoms with van der Waals surface area (Å²) in [5, 5.41) is 12.3. The van der Waals surface area contributed by atoms with Gasteiger partial charge in [0.05, 0.1) is 0 Å². The van der Waals surface area contributed by atoms with E-state index in [9.17, 15) is 0 Å². The van der Waals surface area contributed by atoms with Crippen molar-refractivity contribution < 1.29 is 0 Å². The predicted octanol–water partition coefficient (Wildman–Crippen LogP) is 2.17. The van der Waals surface area contributed by atoms with Gasteiger partial charge in [-0.15, -0.1) is 11.3 Å². The fourth-order valence-corrected chi connectivity index (χ4v) is 3.31. The Hall–Kier alpha value is -1.64. The molecule has 0 radical (unpaired) electrons. The van der Waals surface area contributed by atoms with Gasteiger partial charge in [0.2, 0.25) is 0 Å². The zero-order valence-corrected chi connectivity index (χ0v) is 11.5. The molecule has 3 heterocycles. The number of nitrogens with one attached hydrogen (secondary N) is 1. The van der Waals surface area contributed by atoms with Crippen molar-refractivity contribution in [3.05, 3.63) is 40.1 Å². The maximum atomic E-state index is 8.78. The fraction of sp³-hybridized carbons (Fsp3) is 0.429. The van der Waals surface area contributed by atoms with Gasteiger partial charge >= 0.3 is 0 Å². The minimum absolute atomic E-state index is 0.678. The Bertz CT molecular complexity index is 593. The number of nitrogens with zero attached hydrogens (tertiary/aromatic N) is 3. The average Bonchev–Trinajstić information content (AvgIpc) is 3.06. The van der Waals surface area contributed by atoms with Gasteiger partial charge < -0.3 is 9.88 Å². The molecular weight excluding hydrogens is 256 g/mol. The number of thiophene rings is 1. The van der Waals surface area contributed by atoms with Gasteiger partial charge in [0.15, 0.2) is 0 Å². The van der Waals surface area contributed by atoms with Crippen LogP contribution in [-0.2, 0) is 19.5 Å². The van der Waals surface area contributed by atoms with Crippen LogP contribution < -0.4 is 5.32 Å². The molecule has 1 N–H and O–H groups in total. The van der Waals surface area contributed by atoms with E-state index >= 15 is 0 Å². The molecule has 1 aliphatic heterocycles. The zero-order valence-electron chi connectivity index (χ0n) is 10.7. The van der Waals surface area contributed by atoms with Gasteiger partial charge in [-0.2, -0.15) is 5.26 Å². The molecule has 0 spiro atoms. The highest BCUT2D eigenvalue weighted by Crippen LogP contribution is 2.19. The lowest BCUT2D eigenvalue weighted by atomic mass is 9.99. The lowest BCUT2D eigenvalue weighted by Crippen LogP contribution is -2.29. The van der Waals surface area contributed by atoms with Gasteiger partial charge in [-0.25, -0.2) is 4.98 Å². The first-order chi connectivity index (χ1) is 9.35. The van der Waals surface area contributed by atoms with Crippen molar-refractivity contribution in [2.75, 3.05) is 6.54 Å². The maximum Gasteiger partial charge on any atom is 0.110 e. The second-order valence-electron chi connectivity index (χ2n) is 4.91.